The molecule has 1 aromatic carbocycles. The number of benzene rings is 1. The van der Waals surface area contributed by atoms with E-state index in [2.05, 4.69) is 10.6 Å². The van der Waals surface area contributed by atoms with E-state index in [-0.39, 0.29) is 37.0 Å². The van der Waals surface area contributed by atoms with Crippen LogP contribution in [0.2, 0.25) is 0 Å². The molecule has 0 saturated carbocycles. The van der Waals surface area contributed by atoms with Crippen LogP contribution >= 0.6 is 0 Å². The highest BCUT2D eigenvalue weighted by atomic mass is 32.2. The van der Waals surface area contributed by atoms with Crippen LogP contribution in [0.5, 0.6) is 0 Å². The van der Waals surface area contributed by atoms with E-state index in [1.807, 2.05) is 13.8 Å². The summed E-state index contributed by atoms with van der Waals surface area (Å²) in [6.45, 7) is 6.60. The minimum atomic E-state index is -3.97. The van der Waals surface area contributed by atoms with Crippen molar-refractivity contribution in [2.75, 3.05) is 32.7 Å². The summed E-state index contributed by atoms with van der Waals surface area (Å²) in [6, 6.07) is 1.24. The smallest absolute Gasteiger partial charge is 0.321 e. The average Bonchev–Trinajstić information content (AvgIpc) is 2.67. The van der Waals surface area contributed by atoms with E-state index in [9.17, 15) is 26.8 Å². The van der Waals surface area contributed by atoms with Gasteiger partial charge in [-0.15, -0.1) is 0 Å². The molecule has 8 nitrogen and oxygen atoms in total. The second-order valence-corrected chi connectivity index (χ2v) is 9.22. The van der Waals surface area contributed by atoms with Crippen molar-refractivity contribution < 1.29 is 26.8 Å². The van der Waals surface area contributed by atoms with Crippen LogP contribution in [0.4, 0.5) is 13.6 Å². The van der Waals surface area contributed by atoms with Crippen LogP contribution < -0.4 is 10.6 Å². The Balaban J connectivity index is 1.92. The van der Waals surface area contributed by atoms with Gasteiger partial charge in [0.1, 0.15) is 0 Å². The number of piperazine rings is 1. The minimum Gasteiger partial charge on any atom is -0.338 e. The lowest BCUT2D eigenvalue weighted by Gasteiger charge is -2.36. The number of rotatable bonds is 6. The Labute approximate surface area is 169 Å². The van der Waals surface area contributed by atoms with Crippen molar-refractivity contribution in [2.24, 2.45) is 5.92 Å². The van der Waals surface area contributed by atoms with Crippen molar-refractivity contribution in [2.45, 2.75) is 31.7 Å². The summed E-state index contributed by atoms with van der Waals surface area (Å²) in [5.41, 5.74) is 0. The van der Waals surface area contributed by atoms with E-state index in [4.69, 9.17) is 0 Å². The first-order valence-electron chi connectivity index (χ1n) is 9.30. The molecule has 0 aliphatic carbocycles. The minimum absolute atomic E-state index is 0.0818. The number of nitrogens with one attached hydrogen (secondary N) is 2. The number of carbonyl (C=O) groups excluding carboxylic acids is 2. The number of sulfonamides is 1. The number of urea groups is 1. The van der Waals surface area contributed by atoms with Crippen molar-refractivity contribution in [3.8, 4) is 0 Å². The molecule has 1 aromatic rings. The number of amides is 3. The van der Waals surface area contributed by atoms with Crippen LogP contribution in [-0.4, -0.2) is 68.3 Å². The van der Waals surface area contributed by atoms with Gasteiger partial charge in [0.25, 0.3) is 0 Å². The summed E-state index contributed by atoms with van der Waals surface area (Å²) >= 11 is 0. The van der Waals surface area contributed by atoms with Gasteiger partial charge in [-0.3, -0.25) is 15.0 Å². The zero-order chi connectivity index (χ0) is 21.8. The quantitative estimate of drug-likeness (QED) is 0.703. The maximum absolute atomic E-state index is 13.4. The van der Waals surface area contributed by atoms with Crippen molar-refractivity contribution in [1.82, 2.24) is 19.8 Å². The fraction of sp³-hybridized carbons (Fsp3) is 0.556. The SMILES string of the molecule is CC(C)CNC(=O)NC(=O)C(C)N1CCN(S(=O)(=O)c2ccc(F)c(F)c2)CC1. The zero-order valence-electron chi connectivity index (χ0n) is 16.6. The summed E-state index contributed by atoms with van der Waals surface area (Å²) in [7, 11) is -3.97. The summed E-state index contributed by atoms with van der Waals surface area (Å²) < 4.78 is 52.9. The molecule has 1 heterocycles. The summed E-state index contributed by atoms with van der Waals surface area (Å²) in [6.07, 6.45) is 0. The highest BCUT2D eigenvalue weighted by Crippen LogP contribution is 2.20. The maximum Gasteiger partial charge on any atom is 0.321 e. The van der Waals surface area contributed by atoms with Crippen molar-refractivity contribution >= 4 is 22.0 Å². The molecule has 3 amide bonds. The Morgan fingerprint density at radius 2 is 1.69 bits per heavy atom. The van der Waals surface area contributed by atoms with Gasteiger partial charge in [0.2, 0.25) is 15.9 Å². The fourth-order valence-electron chi connectivity index (χ4n) is 2.84. The number of hydrogen-bond donors (Lipinski definition) is 2. The molecule has 0 aromatic heterocycles. The molecular formula is C18H26F2N4O4S. The maximum atomic E-state index is 13.4. The Hall–Kier alpha value is -2.11. The number of carbonyl (C=O) groups is 2. The Morgan fingerprint density at radius 1 is 1.07 bits per heavy atom. The molecule has 1 saturated heterocycles. The molecule has 29 heavy (non-hydrogen) atoms. The largest absolute Gasteiger partial charge is 0.338 e. The molecule has 0 bridgehead atoms. The second kappa shape index (κ2) is 9.59. The highest BCUT2D eigenvalue weighted by Gasteiger charge is 2.32. The van der Waals surface area contributed by atoms with Crippen LogP contribution in [0.25, 0.3) is 0 Å². The molecule has 1 fully saturated rings. The molecule has 1 unspecified atom stereocenters. The van der Waals surface area contributed by atoms with Gasteiger partial charge in [-0.2, -0.15) is 4.31 Å². The summed E-state index contributed by atoms with van der Waals surface area (Å²) in [5, 5.41) is 4.86. The third kappa shape index (κ3) is 5.94. The molecule has 162 valence electrons. The van der Waals surface area contributed by atoms with Gasteiger partial charge >= 0.3 is 6.03 Å². The first-order chi connectivity index (χ1) is 13.5. The van der Waals surface area contributed by atoms with Gasteiger partial charge in [-0.05, 0) is 31.0 Å². The fourth-order valence-corrected chi connectivity index (χ4v) is 4.28. The lowest BCUT2D eigenvalue weighted by atomic mass is 10.2. The van der Waals surface area contributed by atoms with Gasteiger partial charge in [0.15, 0.2) is 11.6 Å². The van der Waals surface area contributed by atoms with Crippen LogP contribution in [0.15, 0.2) is 23.1 Å². The molecule has 0 radical (unpaired) electrons. The van der Waals surface area contributed by atoms with E-state index in [0.29, 0.717) is 12.6 Å². The summed E-state index contributed by atoms with van der Waals surface area (Å²) in [5.74, 6) is -2.59. The lowest BCUT2D eigenvalue weighted by molar-refractivity contribution is -0.125. The second-order valence-electron chi connectivity index (χ2n) is 7.29. The Bertz CT molecular complexity index is 855. The number of halogens is 2. The predicted octanol–water partition coefficient (Wildman–Crippen LogP) is 1.14. The monoisotopic (exact) mass is 432 g/mol. The average molecular weight is 432 g/mol. The molecule has 1 atom stereocenters. The first-order valence-corrected chi connectivity index (χ1v) is 10.7. The molecule has 11 heteroatoms. The van der Waals surface area contributed by atoms with Crippen LogP contribution in [0, 0.1) is 17.6 Å². The number of hydrogen-bond acceptors (Lipinski definition) is 5. The van der Waals surface area contributed by atoms with E-state index < -0.39 is 39.6 Å². The molecule has 1 aliphatic rings. The normalized spacial score (nSPS) is 17.2. The van der Waals surface area contributed by atoms with Crippen molar-refractivity contribution in [1.29, 1.82) is 0 Å². The molecule has 2 rings (SSSR count). The van der Waals surface area contributed by atoms with E-state index >= 15 is 0 Å². The molecule has 1 aliphatic heterocycles. The third-order valence-corrected chi connectivity index (χ3v) is 6.53. The van der Waals surface area contributed by atoms with Gasteiger partial charge < -0.3 is 5.32 Å². The number of nitrogens with zero attached hydrogens (tertiary/aromatic N) is 2. The van der Waals surface area contributed by atoms with Crippen LogP contribution in [0.1, 0.15) is 20.8 Å². The molecular weight excluding hydrogens is 406 g/mol. The van der Waals surface area contributed by atoms with Gasteiger partial charge in [-0.1, -0.05) is 13.8 Å². The topological polar surface area (TPSA) is 98.8 Å². The van der Waals surface area contributed by atoms with Crippen LogP contribution in [-0.2, 0) is 14.8 Å². The van der Waals surface area contributed by atoms with E-state index in [0.717, 1.165) is 16.4 Å². The predicted molar refractivity (Wildman–Crippen MR) is 103 cm³/mol. The third-order valence-electron chi connectivity index (χ3n) is 4.64. The van der Waals surface area contributed by atoms with E-state index in [1.165, 1.54) is 0 Å². The first kappa shape index (κ1) is 23.2. The molecule has 2 N–H and O–H groups in total. The Morgan fingerprint density at radius 3 is 2.24 bits per heavy atom. The molecule has 0 spiro atoms. The Kier molecular flexibility index (Phi) is 7.66. The van der Waals surface area contributed by atoms with Crippen molar-refractivity contribution in [3.63, 3.8) is 0 Å². The highest BCUT2D eigenvalue weighted by molar-refractivity contribution is 7.89. The standard InChI is InChI=1S/C18H26F2N4O4S/c1-12(2)11-21-18(26)22-17(25)13(3)23-6-8-24(9-7-23)29(27,28)14-4-5-15(19)16(20)10-14/h4-5,10,12-13H,6-9,11H2,1-3H3,(H2,21,22,25,26). The zero-order valence-corrected chi connectivity index (χ0v) is 17.4. The van der Waals surface area contributed by atoms with Gasteiger partial charge in [-0.25, -0.2) is 22.0 Å². The van der Waals surface area contributed by atoms with E-state index in [1.54, 1.807) is 11.8 Å². The van der Waals surface area contributed by atoms with Gasteiger partial charge in [0.05, 0.1) is 10.9 Å². The number of imide groups is 1. The van der Waals surface area contributed by atoms with Crippen LogP contribution in [0.3, 0.4) is 0 Å². The van der Waals surface area contributed by atoms with Crippen molar-refractivity contribution in [3.05, 3.63) is 29.8 Å². The summed E-state index contributed by atoms with van der Waals surface area (Å²) in [4.78, 5) is 25.4. The lowest BCUT2D eigenvalue weighted by Crippen LogP contribution is -2.56. The van der Waals surface area contributed by atoms with Gasteiger partial charge in [0, 0.05) is 32.7 Å².